The van der Waals surface area contributed by atoms with E-state index < -0.39 is 6.04 Å². The number of hydrogen-bond acceptors (Lipinski definition) is 5. The van der Waals surface area contributed by atoms with Crippen molar-refractivity contribution in [2.75, 3.05) is 4.90 Å². The van der Waals surface area contributed by atoms with Gasteiger partial charge in [0.05, 0.1) is 29.0 Å². The summed E-state index contributed by atoms with van der Waals surface area (Å²) in [6.45, 7) is 0. The maximum absolute atomic E-state index is 12.2. The molecule has 0 fully saturated rings. The van der Waals surface area contributed by atoms with Gasteiger partial charge in [-0.25, -0.2) is 0 Å². The van der Waals surface area contributed by atoms with Gasteiger partial charge in [0.15, 0.2) is 0 Å². The minimum atomic E-state index is -0.625. The van der Waals surface area contributed by atoms with Crippen LogP contribution < -0.4 is 4.90 Å². The van der Waals surface area contributed by atoms with E-state index in [1.807, 2.05) is 47.5 Å². The molecule has 0 saturated carbocycles. The third kappa shape index (κ3) is 3.48. The number of aldehydes is 1. The highest BCUT2D eigenvalue weighted by atomic mass is 16.1. The molecule has 2 heterocycles. The van der Waals surface area contributed by atoms with Gasteiger partial charge in [0, 0.05) is 23.7 Å². The molecule has 0 aliphatic carbocycles. The molecular formula is C25H16N4O. The minimum Gasteiger partial charge on any atom is -0.333 e. The molecule has 1 aliphatic rings. The van der Waals surface area contributed by atoms with E-state index in [1.165, 1.54) is 0 Å². The highest BCUT2D eigenvalue weighted by Crippen LogP contribution is 2.35. The van der Waals surface area contributed by atoms with Gasteiger partial charge in [-0.05, 0) is 59.7 Å². The highest BCUT2D eigenvalue weighted by molar-refractivity contribution is 5.99. The van der Waals surface area contributed by atoms with Crippen molar-refractivity contribution in [3.05, 3.63) is 108 Å². The number of allylic oxidation sites excluding steroid dienone is 2. The van der Waals surface area contributed by atoms with Crippen molar-refractivity contribution >= 4 is 23.1 Å². The van der Waals surface area contributed by atoms with Crippen molar-refractivity contribution in [2.45, 2.75) is 6.04 Å². The first kappa shape index (κ1) is 18.9. The van der Waals surface area contributed by atoms with Crippen molar-refractivity contribution in [2.24, 2.45) is 0 Å². The Morgan fingerprint density at radius 1 is 0.933 bits per heavy atom. The average Bonchev–Trinajstić information content (AvgIpc) is 2.83. The van der Waals surface area contributed by atoms with Crippen molar-refractivity contribution in [1.29, 1.82) is 10.5 Å². The normalized spacial score (nSPS) is 15.4. The van der Waals surface area contributed by atoms with E-state index in [1.54, 1.807) is 42.6 Å². The molecule has 3 aromatic rings. The summed E-state index contributed by atoms with van der Waals surface area (Å²) in [5.74, 6) is 0. The quantitative estimate of drug-likeness (QED) is 0.621. The number of nitriles is 2. The maximum Gasteiger partial charge on any atom is 0.147 e. The zero-order chi connectivity index (χ0) is 20.9. The SMILES string of the molecule is N#Cc1ccc(N2C=C(c3ccccn3)C=C(c3ccccc3C#N)C2C=O)cc1. The van der Waals surface area contributed by atoms with Gasteiger partial charge in [-0.2, -0.15) is 10.5 Å². The summed E-state index contributed by atoms with van der Waals surface area (Å²) >= 11 is 0. The second-order valence-corrected chi connectivity index (χ2v) is 6.70. The number of anilines is 1. The van der Waals surface area contributed by atoms with Crippen LogP contribution in [-0.4, -0.2) is 17.3 Å². The fourth-order valence-corrected chi connectivity index (χ4v) is 3.50. The van der Waals surface area contributed by atoms with Crippen LogP contribution in [0.3, 0.4) is 0 Å². The molecule has 142 valence electrons. The lowest BCUT2D eigenvalue weighted by atomic mass is 9.89. The van der Waals surface area contributed by atoms with E-state index in [0.717, 1.165) is 28.8 Å². The number of carbonyl (C=O) groups excluding carboxylic acids is 1. The van der Waals surface area contributed by atoms with Crippen molar-refractivity contribution in [3.63, 3.8) is 0 Å². The van der Waals surface area contributed by atoms with Crippen molar-refractivity contribution < 1.29 is 4.79 Å². The molecule has 0 N–H and O–H groups in total. The summed E-state index contributed by atoms with van der Waals surface area (Å²) < 4.78 is 0. The Balaban J connectivity index is 1.91. The molecule has 0 amide bonds. The van der Waals surface area contributed by atoms with Gasteiger partial charge in [-0.15, -0.1) is 0 Å². The summed E-state index contributed by atoms with van der Waals surface area (Å²) in [5.41, 5.74) is 4.80. The van der Waals surface area contributed by atoms with Crippen LogP contribution >= 0.6 is 0 Å². The second-order valence-electron chi connectivity index (χ2n) is 6.70. The van der Waals surface area contributed by atoms with E-state index in [0.29, 0.717) is 16.7 Å². The molecule has 0 radical (unpaired) electrons. The molecule has 0 bridgehead atoms. The third-order valence-electron chi connectivity index (χ3n) is 4.95. The molecule has 5 nitrogen and oxygen atoms in total. The first-order valence-electron chi connectivity index (χ1n) is 9.33. The molecule has 30 heavy (non-hydrogen) atoms. The topological polar surface area (TPSA) is 80.8 Å². The second kappa shape index (κ2) is 8.26. The Bertz CT molecular complexity index is 1230. The number of aromatic nitrogens is 1. The predicted octanol–water partition coefficient (Wildman–Crippen LogP) is 4.34. The van der Waals surface area contributed by atoms with E-state index in [2.05, 4.69) is 17.1 Å². The molecule has 1 atom stereocenters. The number of nitrogens with zero attached hydrogens (tertiary/aromatic N) is 4. The lowest BCUT2D eigenvalue weighted by Gasteiger charge is -2.33. The Kier molecular flexibility index (Phi) is 5.19. The molecule has 1 aromatic heterocycles. The lowest BCUT2D eigenvalue weighted by Crippen LogP contribution is -2.35. The number of pyridine rings is 1. The van der Waals surface area contributed by atoms with Crippen LogP contribution in [0.15, 0.2) is 85.2 Å². The van der Waals surface area contributed by atoms with Crippen LogP contribution in [0, 0.1) is 22.7 Å². The smallest absolute Gasteiger partial charge is 0.147 e. The van der Waals surface area contributed by atoms with Gasteiger partial charge < -0.3 is 9.69 Å². The van der Waals surface area contributed by atoms with Gasteiger partial charge in [-0.1, -0.05) is 24.3 Å². The first-order valence-corrected chi connectivity index (χ1v) is 9.33. The molecule has 1 unspecified atom stereocenters. The van der Waals surface area contributed by atoms with E-state index in [-0.39, 0.29) is 0 Å². The fraction of sp³-hybridized carbons (Fsp3) is 0.0400. The zero-order valence-electron chi connectivity index (χ0n) is 15.9. The molecule has 1 aliphatic heterocycles. The van der Waals surface area contributed by atoms with Crippen molar-refractivity contribution in [1.82, 2.24) is 4.98 Å². The molecule has 0 spiro atoms. The summed E-state index contributed by atoms with van der Waals surface area (Å²) in [6.07, 6.45) is 6.37. The molecule has 0 saturated heterocycles. The van der Waals surface area contributed by atoms with Gasteiger partial charge in [-0.3, -0.25) is 4.98 Å². The third-order valence-corrected chi connectivity index (χ3v) is 4.95. The monoisotopic (exact) mass is 388 g/mol. The lowest BCUT2D eigenvalue weighted by molar-refractivity contribution is -0.107. The van der Waals surface area contributed by atoms with Crippen LogP contribution in [0.1, 0.15) is 22.4 Å². The standard InChI is InChI=1S/C25H16N4O/c26-14-18-8-10-21(11-9-18)29-16-20(24-7-3-4-12-28-24)13-23(25(29)17-30)22-6-2-1-5-19(22)15-27/h1-13,16-17,25H. The summed E-state index contributed by atoms with van der Waals surface area (Å²) in [6, 6.07) is 23.6. The number of benzene rings is 2. The number of carbonyl (C=O) groups is 1. The largest absolute Gasteiger partial charge is 0.333 e. The average molecular weight is 388 g/mol. The predicted molar refractivity (Wildman–Crippen MR) is 115 cm³/mol. The fourth-order valence-electron chi connectivity index (χ4n) is 3.50. The molecular weight excluding hydrogens is 372 g/mol. The summed E-state index contributed by atoms with van der Waals surface area (Å²) in [7, 11) is 0. The van der Waals surface area contributed by atoms with Crippen molar-refractivity contribution in [3.8, 4) is 12.1 Å². The maximum atomic E-state index is 12.2. The Morgan fingerprint density at radius 3 is 2.37 bits per heavy atom. The Morgan fingerprint density at radius 2 is 1.70 bits per heavy atom. The van der Waals surface area contributed by atoms with Gasteiger partial charge >= 0.3 is 0 Å². The Labute approximate surface area is 174 Å². The minimum absolute atomic E-state index is 0.498. The van der Waals surface area contributed by atoms with Crippen LogP contribution in [0.4, 0.5) is 5.69 Å². The van der Waals surface area contributed by atoms with Crippen LogP contribution in [-0.2, 0) is 4.79 Å². The summed E-state index contributed by atoms with van der Waals surface area (Å²) in [4.78, 5) is 18.5. The Hall–Kier alpha value is -4.48. The zero-order valence-corrected chi connectivity index (χ0v) is 15.9. The van der Waals surface area contributed by atoms with E-state index in [4.69, 9.17) is 5.26 Å². The van der Waals surface area contributed by atoms with Crippen LogP contribution in [0.5, 0.6) is 0 Å². The highest BCUT2D eigenvalue weighted by Gasteiger charge is 2.28. The molecule has 2 aromatic carbocycles. The molecule has 4 rings (SSSR count). The van der Waals surface area contributed by atoms with Crippen LogP contribution in [0.25, 0.3) is 11.1 Å². The van der Waals surface area contributed by atoms with Gasteiger partial charge in [0.25, 0.3) is 0 Å². The van der Waals surface area contributed by atoms with Crippen LogP contribution in [0.2, 0.25) is 0 Å². The van der Waals surface area contributed by atoms with Gasteiger partial charge in [0.1, 0.15) is 12.3 Å². The van der Waals surface area contributed by atoms with E-state index >= 15 is 0 Å². The molecule has 5 heteroatoms. The summed E-state index contributed by atoms with van der Waals surface area (Å²) in [5, 5.41) is 18.7. The van der Waals surface area contributed by atoms with Gasteiger partial charge in [0.2, 0.25) is 0 Å². The first-order chi connectivity index (χ1) is 14.7. The number of rotatable bonds is 4. The van der Waals surface area contributed by atoms with E-state index in [9.17, 15) is 10.1 Å². The number of hydrogen-bond donors (Lipinski definition) is 0.